The summed E-state index contributed by atoms with van der Waals surface area (Å²) >= 11 is 0. The van der Waals surface area contributed by atoms with Crippen LogP contribution in [0.3, 0.4) is 0 Å². The Morgan fingerprint density at radius 1 is 1.09 bits per heavy atom. The number of nitrogens with zero attached hydrogens (tertiary/aromatic N) is 5. The highest BCUT2D eigenvalue weighted by molar-refractivity contribution is 5.94. The summed E-state index contributed by atoms with van der Waals surface area (Å²) in [6, 6.07) is 12.3. The first kappa shape index (κ1) is 29.3. The number of rotatable bonds is 11. The van der Waals surface area contributed by atoms with Gasteiger partial charge in [0.25, 0.3) is 0 Å². The molecule has 0 spiro atoms. The summed E-state index contributed by atoms with van der Waals surface area (Å²) in [5.74, 6) is 2.02. The summed E-state index contributed by atoms with van der Waals surface area (Å²) in [7, 11) is 0. The zero-order valence-electron chi connectivity index (χ0n) is 26.0. The number of anilines is 2. The van der Waals surface area contributed by atoms with E-state index in [0.717, 1.165) is 38.8 Å². The van der Waals surface area contributed by atoms with E-state index in [1.807, 2.05) is 37.4 Å². The number of hydrogen-bond donors (Lipinski definition) is 2. The van der Waals surface area contributed by atoms with Crippen molar-refractivity contribution in [1.29, 1.82) is 0 Å². The van der Waals surface area contributed by atoms with Crippen LogP contribution in [-0.2, 0) is 29.1 Å². The predicted octanol–water partition coefficient (Wildman–Crippen LogP) is 6.07. The minimum Gasteiger partial charge on any atom is -0.471 e. The van der Waals surface area contributed by atoms with Gasteiger partial charge in [0.05, 0.1) is 17.5 Å². The minimum atomic E-state index is -0.674. The lowest BCUT2D eigenvalue weighted by Crippen LogP contribution is -2.30. The number of pyridine rings is 2. The van der Waals surface area contributed by atoms with Gasteiger partial charge in [-0.3, -0.25) is 4.79 Å². The third-order valence-electron chi connectivity index (χ3n) is 8.38. The quantitative estimate of drug-likeness (QED) is 0.175. The first-order valence-electron chi connectivity index (χ1n) is 15.1. The third-order valence-corrected chi connectivity index (χ3v) is 8.38. The molecular weight excluding hydrogens is 554 g/mol. The molecule has 4 heterocycles. The summed E-state index contributed by atoms with van der Waals surface area (Å²) in [5.41, 5.74) is 13.0. The van der Waals surface area contributed by atoms with E-state index in [-0.39, 0.29) is 12.6 Å². The molecule has 0 saturated heterocycles. The maximum atomic E-state index is 12.7. The number of nitrogens with one attached hydrogen (secondary N) is 1. The van der Waals surface area contributed by atoms with E-state index in [4.69, 9.17) is 20.3 Å². The number of aryl methyl sites for hydroxylation is 2. The lowest BCUT2D eigenvalue weighted by atomic mass is 9.87. The van der Waals surface area contributed by atoms with Crippen LogP contribution in [0.25, 0.3) is 16.3 Å². The first-order valence-corrected chi connectivity index (χ1v) is 15.1. The van der Waals surface area contributed by atoms with Gasteiger partial charge in [0.1, 0.15) is 30.3 Å². The molecule has 6 rings (SSSR count). The summed E-state index contributed by atoms with van der Waals surface area (Å²) in [6.45, 7) is 11.1. The fraction of sp³-hybridized carbons (Fsp3) is 0.382. The Kier molecular flexibility index (Phi) is 7.84. The first-order chi connectivity index (χ1) is 21.1. The van der Waals surface area contributed by atoms with E-state index in [9.17, 15) is 4.79 Å². The summed E-state index contributed by atoms with van der Waals surface area (Å²) < 4.78 is 13.3. The van der Waals surface area contributed by atoms with Gasteiger partial charge < -0.3 is 20.5 Å². The van der Waals surface area contributed by atoms with E-state index < -0.39 is 5.41 Å². The van der Waals surface area contributed by atoms with Gasteiger partial charge in [0.2, 0.25) is 5.88 Å². The number of carbonyl (C=O) groups excluding carboxylic acids is 1. The van der Waals surface area contributed by atoms with Crippen LogP contribution >= 0.6 is 0 Å². The fourth-order valence-electron chi connectivity index (χ4n) is 5.79. The largest absolute Gasteiger partial charge is 0.471 e. The van der Waals surface area contributed by atoms with Crippen LogP contribution in [-0.4, -0.2) is 37.1 Å². The van der Waals surface area contributed by atoms with Gasteiger partial charge >= 0.3 is 5.97 Å². The predicted molar refractivity (Wildman–Crippen MR) is 171 cm³/mol. The Bertz CT molecular complexity index is 1860. The Hall–Kier alpha value is -4.73. The molecule has 5 aromatic rings. The Labute approximate surface area is 257 Å². The standard InChI is InChI=1S/C34H39N7O3/c1-6-43-33(42)34(4,5)16-26-13-23(22-7-8-22)12-25-14-24(40-41(25)26)18-44-31-15-30(38-19-39-31)37-17-29-20(2)11-28-27(21(29)3)9-10-36-32(28)35/h9-15,19,22H,6-8,16-18H2,1-5H3,(H2,35,36)(H,37,38,39). The molecule has 10 nitrogen and oxygen atoms in total. The molecule has 0 aliphatic heterocycles. The molecule has 1 fully saturated rings. The van der Waals surface area contributed by atoms with Crippen LogP contribution in [0.15, 0.2) is 48.9 Å². The monoisotopic (exact) mass is 593 g/mol. The number of carbonyl (C=O) groups is 1. The molecule has 3 N–H and O–H groups in total. The second-order valence-corrected chi connectivity index (χ2v) is 12.3. The molecule has 228 valence electrons. The van der Waals surface area contributed by atoms with E-state index in [2.05, 4.69) is 52.3 Å². The number of hydrogen-bond acceptors (Lipinski definition) is 9. The van der Waals surface area contributed by atoms with Gasteiger partial charge in [0.15, 0.2) is 0 Å². The lowest BCUT2D eigenvalue weighted by Gasteiger charge is -2.23. The van der Waals surface area contributed by atoms with E-state index in [1.165, 1.54) is 30.3 Å². The van der Waals surface area contributed by atoms with Gasteiger partial charge in [-0.2, -0.15) is 5.10 Å². The highest BCUT2D eigenvalue weighted by atomic mass is 16.5. The van der Waals surface area contributed by atoms with Crippen molar-refractivity contribution in [3.63, 3.8) is 0 Å². The molecule has 4 aromatic heterocycles. The van der Waals surface area contributed by atoms with Crippen molar-refractivity contribution in [2.24, 2.45) is 5.41 Å². The lowest BCUT2D eigenvalue weighted by molar-refractivity contribution is -0.153. The van der Waals surface area contributed by atoms with Crippen molar-refractivity contribution in [3.8, 4) is 5.88 Å². The second-order valence-electron chi connectivity index (χ2n) is 12.3. The average Bonchev–Trinajstić information content (AvgIpc) is 3.76. The van der Waals surface area contributed by atoms with Crippen LogP contribution in [0.5, 0.6) is 5.88 Å². The van der Waals surface area contributed by atoms with Gasteiger partial charge in [0, 0.05) is 36.3 Å². The van der Waals surface area contributed by atoms with Crippen LogP contribution in [0.4, 0.5) is 11.6 Å². The van der Waals surface area contributed by atoms with E-state index in [1.54, 1.807) is 12.3 Å². The topological polar surface area (TPSA) is 130 Å². The van der Waals surface area contributed by atoms with Gasteiger partial charge in [-0.05, 0) is 111 Å². The molecule has 44 heavy (non-hydrogen) atoms. The van der Waals surface area contributed by atoms with E-state index in [0.29, 0.717) is 43.0 Å². The van der Waals surface area contributed by atoms with Crippen LogP contribution < -0.4 is 15.8 Å². The van der Waals surface area contributed by atoms with Crippen LogP contribution in [0, 0.1) is 19.3 Å². The van der Waals surface area contributed by atoms with Crippen molar-refractivity contribution < 1.29 is 14.3 Å². The molecule has 0 amide bonds. The highest BCUT2D eigenvalue weighted by Crippen LogP contribution is 2.41. The van der Waals surface area contributed by atoms with Gasteiger partial charge in [-0.15, -0.1) is 0 Å². The molecule has 1 aliphatic rings. The zero-order valence-corrected chi connectivity index (χ0v) is 26.0. The number of benzene rings is 1. The number of nitrogen functional groups attached to an aromatic ring is 1. The zero-order chi connectivity index (χ0) is 31.0. The van der Waals surface area contributed by atoms with E-state index >= 15 is 0 Å². The maximum absolute atomic E-state index is 12.7. The summed E-state index contributed by atoms with van der Waals surface area (Å²) in [6.07, 6.45) is 6.14. The SMILES string of the molecule is CCOC(=O)C(C)(C)Cc1cc(C2CC2)cc2cc(COc3cc(NCc4c(C)cc5c(N)nccc5c4C)ncn3)nn12. The van der Waals surface area contributed by atoms with Crippen LogP contribution in [0.2, 0.25) is 0 Å². The molecule has 0 bridgehead atoms. The molecule has 1 saturated carbocycles. The van der Waals surface area contributed by atoms with Crippen molar-refractivity contribution in [2.75, 3.05) is 17.7 Å². The van der Waals surface area contributed by atoms with Crippen molar-refractivity contribution in [2.45, 2.75) is 73.0 Å². The van der Waals surface area contributed by atoms with Crippen molar-refractivity contribution >= 4 is 33.9 Å². The molecule has 10 heteroatoms. The minimum absolute atomic E-state index is 0.207. The normalized spacial score (nSPS) is 13.4. The number of nitrogens with two attached hydrogens (primary N) is 1. The molecule has 1 aliphatic carbocycles. The van der Waals surface area contributed by atoms with Crippen molar-refractivity contribution in [3.05, 3.63) is 82.6 Å². The van der Waals surface area contributed by atoms with Crippen molar-refractivity contribution in [1.82, 2.24) is 24.6 Å². The molecular formula is C34H39N7O3. The average molecular weight is 594 g/mol. The third kappa shape index (κ3) is 6.02. The number of esters is 1. The maximum Gasteiger partial charge on any atom is 0.311 e. The summed E-state index contributed by atoms with van der Waals surface area (Å²) in [5, 5.41) is 10.3. The molecule has 0 unspecified atom stereocenters. The molecule has 0 atom stereocenters. The van der Waals surface area contributed by atoms with Crippen LogP contribution in [0.1, 0.15) is 73.2 Å². The Morgan fingerprint density at radius 3 is 2.68 bits per heavy atom. The number of ether oxygens (including phenoxy) is 2. The summed E-state index contributed by atoms with van der Waals surface area (Å²) in [4.78, 5) is 25.6. The molecule has 0 radical (unpaired) electrons. The smallest absolute Gasteiger partial charge is 0.311 e. The molecule has 1 aromatic carbocycles. The highest BCUT2D eigenvalue weighted by Gasteiger charge is 2.32. The fourth-order valence-corrected chi connectivity index (χ4v) is 5.79. The number of aromatic nitrogens is 5. The second kappa shape index (κ2) is 11.7. The van der Waals surface area contributed by atoms with Gasteiger partial charge in [-0.25, -0.2) is 19.5 Å². The van der Waals surface area contributed by atoms with Gasteiger partial charge in [-0.1, -0.05) is 0 Å². The Balaban J connectivity index is 1.17. The number of fused-ring (bicyclic) bond motifs is 2. The Morgan fingerprint density at radius 2 is 1.91 bits per heavy atom.